The third-order valence-electron chi connectivity index (χ3n) is 5.69. The molecule has 0 heterocycles. The number of carbonyl (C=O) groups excluding carboxylic acids is 2. The minimum absolute atomic E-state index is 0.0888. The maximum atomic E-state index is 13.0. The summed E-state index contributed by atoms with van der Waals surface area (Å²) < 4.78 is 6.14. The van der Waals surface area contributed by atoms with E-state index in [0.717, 1.165) is 48.1 Å². The van der Waals surface area contributed by atoms with Crippen molar-refractivity contribution in [3.8, 4) is 5.75 Å². The number of rotatable bonds is 8. The summed E-state index contributed by atoms with van der Waals surface area (Å²) in [7, 11) is 0. The van der Waals surface area contributed by atoms with Crippen LogP contribution in [0.3, 0.4) is 0 Å². The Bertz CT molecular complexity index is 1020. The maximum Gasteiger partial charge on any atom is 0.267 e. The van der Waals surface area contributed by atoms with Crippen molar-refractivity contribution in [1.82, 2.24) is 10.8 Å². The van der Waals surface area contributed by atoms with Crippen molar-refractivity contribution in [2.75, 3.05) is 0 Å². The van der Waals surface area contributed by atoms with Crippen molar-refractivity contribution in [2.45, 2.75) is 50.7 Å². The molecule has 2 aliphatic rings. The van der Waals surface area contributed by atoms with Gasteiger partial charge in [-0.05, 0) is 79.5 Å². The normalized spacial score (nSPS) is 16.8. The molecule has 0 aromatic heterocycles. The van der Waals surface area contributed by atoms with E-state index in [1.165, 1.54) is 18.9 Å². The summed E-state index contributed by atoms with van der Waals surface area (Å²) in [6, 6.07) is 15.5. The summed E-state index contributed by atoms with van der Waals surface area (Å²) >= 11 is 0. The van der Waals surface area contributed by atoms with Crippen LogP contribution >= 0.6 is 0 Å². The number of hydroxylamine groups is 1. The summed E-state index contributed by atoms with van der Waals surface area (Å²) in [6.07, 6.45) is 11.6. The molecule has 2 aromatic rings. The van der Waals surface area contributed by atoms with Crippen molar-refractivity contribution in [1.29, 1.82) is 0 Å². The van der Waals surface area contributed by atoms with E-state index in [4.69, 9.17) is 9.94 Å². The summed E-state index contributed by atoms with van der Waals surface area (Å²) in [5.74, 6) is 0.115. The number of benzene rings is 2. The summed E-state index contributed by atoms with van der Waals surface area (Å²) in [6.45, 7) is 0. The van der Waals surface area contributed by atoms with Gasteiger partial charge in [-0.25, -0.2) is 5.48 Å². The van der Waals surface area contributed by atoms with Crippen LogP contribution in [0.5, 0.6) is 5.75 Å². The highest BCUT2D eigenvalue weighted by atomic mass is 16.5. The zero-order chi connectivity index (χ0) is 22.3. The molecule has 2 saturated carbocycles. The van der Waals surface area contributed by atoms with E-state index in [9.17, 15) is 9.59 Å². The summed E-state index contributed by atoms with van der Waals surface area (Å²) in [5, 5.41) is 11.7. The fraction of sp³-hybridized carbons (Fsp3) is 0.308. The predicted molar refractivity (Wildman–Crippen MR) is 124 cm³/mol. The fourth-order valence-corrected chi connectivity index (χ4v) is 3.79. The molecule has 2 fully saturated rings. The molecular formula is C26H28N2O4. The van der Waals surface area contributed by atoms with Gasteiger partial charge in [0.05, 0.1) is 6.10 Å². The molecule has 6 nitrogen and oxygen atoms in total. The highest BCUT2D eigenvalue weighted by Gasteiger charge is 2.25. The van der Waals surface area contributed by atoms with Crippen molar-refractivity contribution < 1.29 is 19.5 Å². The van der Waals surface area contributed by atoms with Crippen LogP contribution in [0.1, 0.15) is 55.2 Å². The second-order valence-corrected chi connectivity index (χ2v) is 8.33. The first-order valence-corrected chi connectivity index (χ1v) is 11.1. The smallest absolute Gasteiger partial charge is 0.267 e. The Morgan fingerprint density at radius 2 is 1.69 bits per heavy atom. The Morgan fingerprint density at radius 3 is 2.38 bits per heavy atom. The van der Waals surface area contributed by atoms with Gasteiger partial charge in [0.2, 0.25) is 0 Å². The Kier molecular flexibility index (Phi) is 7.02. The Hall–Kier alpha value is -3.38. The average molecular weight is 433 g/mol. The third kappa shape index (κ3) is 6.08. The van der Waals surface area contributed by atoms with Gasteiger partial charge in [-0.15, -0.1) is 0 Å². The lowest BCUT2D eigenvalue weighted by Crippen LogP contribution is -2.26. The van der Waals surface area contributed by atoms with Gasteiger partial charge in [-0.2, -0.15) is 0 Å². The highest BCUT2D eigenvalue weighted by Crippen LogP contribution is 2.28. The van der Waals surface area contributed by atoms with Crippen LogP contribution in [0, 0.1) is 0 Å². The van der Waals surface area contributed by atoms with Gasteiger partial charge in [0.1, 0.15) is 5.75 Å². The van der Waals surface area contributed by atoms with E-state index < -0.39 is 5.91 Å². The lowest BCUT2D eigenvalue weighted by molar-refractivity contribution is -0.124. The molecule has 2 aromatic carbocycles. The molecule has 2 aliphatic carbocycles. The molecule has 0 atom stereocenters. The van der Waals surface area contributed by atoms with E-state index in [2.05, 4.69) is 5.32 Å². The van der Waals surface area contributed by atoms with Gasteiger partial charge < -0.3 is 10.1 Å². The first-order chi connectivity index (χ1) is 15.6. The number of amides is 2. The Balaban J connectivity index is 1.57. The molecule has 0 unspecified atom stereocenters. The topological polar surface area (TPSA) is 87.7 Å². The monoisotopic (exact) mass is 432 g/mol. The molecule has 0 saturated heterocycles. The fourth-order valence-electron chi connectivity index (χ4n) is 3.79. The van der Waals surface area contributed by atoms with Crippen LogP contribution in [-0.4, -0.2) is 29.2 Å². The molecule has 0 aliphatic heterocycles. The number of carbonyl (C=O) groups is 2. The molecule has 2 amide bonds. The molecular weight excluding hydrogens is 404 g/mol. The molecule has 3 N–H and O–H groups in total. The molecule has 0 bridgehead atoms. The molecule has 6 heteroatoms. The summed E-state index contributed by atoms with van der Waals surface area (Å²) in [5.41, 5.74) is 4.66. The Morgan fingerprint density at radius 1 is 0.969 bits per heavy atom. The van der Waals surface area contributed by atoms with E-state index in [0.29, 0.717) is 5.57 Å². The minimum atomic E-state index is -0.590. The van der Waals surface area contributed by atoms with Crippen LogP contribution in [-0.2, 0) is 9.59 Å². The van der Waals surface area contributed by atoms with E-state index in [1.54, 1.807) is 11.6 Å². The lowest BCUT2D eigenvalue weighted by atomic mass is 10.0. The van der Waals surface area contributed by atoms with Gasteiger partial charge in [0, 0.05) is 17.7 Å². The molecule has 32 heavy (non-hydrogen) atoms. The van der Waals surface area contributed by atoms with Crippen molar-refractivity contribution in [3.63, 3.8) is 0 Å². The first-order valence-electron chi connectivity index (χ1n) is 11.1. The number of ether oxygens (including phenoxy) is 1. The quantitative estimate of drug-likeness (QED) is 0.251. The van der Waals surface area contributed by atoms with Gasteiger partial charge in [-0.3, -0.25) is 14.8 Å². The molecule has 0 radical (unpaired) electrons. The van der Waals surface area contributed by atoms with Crippen molar-refractivity contribution in [2.24, 2.45) is 0 Å². The lowest BCUT2D eigenvalue weighted by Gasteiger charge is -2.15. The average Bonchev–Trinajstić information content (AvgIpc) is 3.48. The van der Waals surface area contributed by atoms with Crippen LogP contribution < -0.4 is 15.5 Å². The number of hydrogen-bond donors (Lipinski definition) is 3. The second kappa shape index (κ2) is 10.3. The zero-order valence-electron chi connectivity index (χ0n) is 17.9. The minimum Gasteiger partial charge on any atom is -0.490 e. The van der Waals surface area contributed by atoms with E-state index in [-0.39, 0.29) is 18.1 Å². The van der Waals surface area contributed by atoms with Gasteiger partial charge in [0.25, 0.3) is 11.8 Å². The van der Waals surface area contributed by atoms with Crippen molar-refractivity contribution in [3.05, 3.63) is 71.3 Å². The van der Waals surface area contributed by atoms with Gasteiger partial charge in [-0.1, -0.05) is 36.4 Å². The Labute approximate surface area is 187 Å². The highest BCUT2D eigenvalue weighted by molar-refractivity contribution is 6.24. The van der Waals surface area contributed by atoms with Crippen LogP contribution in [0.4, 0.5) is 0 Å². The first kappa shape index (κ1) is 21.8. The molecule has 4 rings (SSSR count). The van der Waals surface area contributed by atoms with Crippen LogP contribution in [0.15, 0.2) is 54.6 Å². The standard InChI is InChI=1S/C26H28N2O4/c29-25(28-31)15-12-18-8-10-19(11-9-18)16-24(26(30)27-21-13-14-21)20-4-3-7-23(17-20)32-22-5-1-2-6-22/h3-4,7-12,15-17,21-22,31H,1-2,5-6,13-14H2,(H,27,30)(H,28,29)/b15-12+,24-16-. The maximum absolute atomic E-state index is 13.0. The number of hydrogen-bond acceptors (Lipinski definition) is 4. The predicted octanol–water partition coefficient (Wildman–Crippen LogP) is 4.35. The van der Waals surface area contributed by atoms with Gasteiger partial charge in [0.15, 0.2) is 0 Å². The SMILES string of the molecule is O=C(/C=C/c1ccc(/C=C(\C(=O)NC2CC2)c2cccc(OC3CCCC3)c2)cc1)NO. The summed E-state index contributed by atoms with van der Waals surface area (Å²) in [4.78, 5) is 24.2. The molecule has 166 valence electrons. The largest absolute Gasteiger partial charge is 0.490 e. The van der Waals surface area contributed by atoms with Crippen LogP contribution in [0.25, 0.3) is 17.7 Å². The molecule has 0 spiro atoms. The van der Waals surface area contributed by atoms with E-state index >= 15 is 0 Å². The van der Waals surface area contributed by atoms with Crippen LogP contribution in [0.2, 0.25) is 0 Å². The number of nitrogens with one attached hydrogen (secondary N) is 2. The second-order valence-electron chi connectivity index (χ2n) is 8.33. The third-order valence-corrected chi connectivity index (χ3v) is 5.69. The van der Waals surface area contributed by atoms with Crippen molar-refractivity contribution >= 4 is 29.5 Å². The van der Waals surface area contributed by atoms with Gasteiger partial charge >= 0.3 is 0 Å². The van der Waals surface area contributed by atoms with E-state index in [1.807, 2.05) is 54.6 Å². The zero-order valence-corrected chi connectivity index (χ0v) is 17.9.